The van der Waals surface area contributed by atoms with E-state index in [1.807, 2.05) is 0 Å². The molecule has 1 heterocycles. The summed E-state index contributed by atoms with van der Waals surface area (Å²) in [5.41, 5.74) is 10.3. The maximum Gasteiger partial charge on any atom is 0.0474 e. The molecule has 0 aromatic heterocycles. The van der Waals surface area contributed by atoms with Crippen molar-refractivity contribution in [3.05, 3.63) is 34.9 Å². The summed E-state index contributed by atoms with van der Waals surface area (Å²) in [7, 11) is 0. The Labute approximate surface area is 129 Å². The second-order valence-electron chi connectivity index (χ2n) is 6.89. The van der Waals surface area contributed by atoms with E-state index in [-0.39, 0.29) is 0 Å². The van der Waals surface area contributed by atoms with Crippen LogP contribution >= 0.6 is 0 Å². The summed E-state index contributed by atoms with van der Waals surface area (Å²) in [6.45, 7) is 11.1. The molecule has 2 fully saturated rings. The number of rotatable bonds is 5. The SMILES string of the molecule is Cc1ccc(C)c(C(CN)N2CCN(CC3CC3)CC2)c1. The van der Waals surface area contributed by atoms with E-state index in [0.29, 0.717) is 12.6 Å². The fraction of sp³-hybridized carbons (Fsp3) is 0.667. The lowest BCUT2D eigenvalue weighted by Gasteiger charge is -2.39. The predicted molar refractivity (Wildman–Crippen MR) is 88.4 cm³/mol. The smallest absolute Gasteiger partial charge is 0.0474 e. The molecule has 21 heavy (non-hydrogen) atoms. The Kier molecular flexibility index (Phi) is 4.63. The standard InChI is InChI=1S/C18H29N3/c1-14-3-4-15(2)17(11-14)18(12-19)21-9-7-20(8-10-21)13-16-5-6-16/h3-4,11,16,18H,5-10,12-13,19H2,1-2H3. The largest absolute Gasteiger partial charge is 0.329 e. The molecule has 1 aromatic carbocycles. The van der Waals surface area contributed by atoms with Crippen LogP contribution < -0.4 is 5.73 Å². The molecule has 1 aliphatic carbocycles. The first-order valence-corrected chi connectivity index (χ1v) is 8.41. The van der Waals surface area contributed by atoms with Crippen LogP contribution in [0.4, 0.5) is 0 Å². The fourth-order valence-corrected chi connectivity index (χ4v) is 3.51. The molecule has 0 amide bonds. The zero-order valence-corrected chi connectivity index (χ0v) is 13.5. The van der Waals surface area contributed by atoms with Crippen molar-refractivity contribution >= 4 is 0 Å². The number of nitrogens with zero attached hydrogens (tertiary/aromatic N) is 2. The van der Waals surface area contributed by atoms with Crippen LogP contribution in [0.5, 0.6) is 0 Å². The number of piperazine rings is 1. The van der Waals surface area contributed by atoms with Gasteiger partial charge in [-0.3, -0.25) is 4.90 Å². The van der Waals surface area contributed by atoms with Gasteiger partial charge in [0.15, 0.2) is 0 Å². The molecule has 1 atom stereocenters. The van der Waals surface area contributed by atoms with Crippen molar-refractivity contribution in [3.63, 3.8) is 0 Å². The molecule has 2 N–H and O–H groups in total. The summed E-state index contributed by atoms with van der Waals surface area (Å²) in [4.78, 5) is 5.23. The summed E-state index contributed by atoms with van der Waals surface area (Å²) in [5.74, 6) is 1.00. The first-order chi connectivity index (χ1) is 10.2. The summed E-state index contributed by atoms with van der Waals surface area (Å²) >= 11 is 0. The van der Waals surface area contributed by atoms with E-state index in [4.69, 9.17) is 5.73 Å². The van der Waals surface area contributed by atoms with Gasteiger partial charge in [-0.25, -0.2) is 0 Å². The Morgan fingerprint density at radius 3 is 2.48 bits per heavy atom. The van der Waals surface area contributed by atoms with Gasteiger partial charge in [-0.2, -0.15) is 0 Å². The van der Waals surface area contributed by atoms with Crippen molar-refractivity contribution in [1.82, 2.24) is 9.80 Å². The van der Waals surface area contributed by atoms with Gasteiger partial charge >= 0.3 is 0 Å². The van der Waals surface area contributed by atoms with Gasteiger partial charge in [0, 0.05) is 45.3 Å². The van der Waals surface area contributed by atoms with Crippen molar-refractivity contribution < 1.29 is 0 Å². The summed E-state index contributed by atoms with van der Waals surface area (Å²) in [5, 5.41) is 0. The summed E-state index contributed by atoms with van der Waals surface area (Å²) in [6, 6.07) is 7.13. The van der Waals surface area contributed by atoms with Gasteiger partial charge in [-0.05, 0) is 43.7 Å². The normalized spacial score (nSPS) is 22.4. The number of benzene rings is 1. The highest BCUT2D eigenvalue weighted by Crippen LogP contribution is 2.31. The molecule has 3 nitrogen and oxygen atoms in total. The van der Waals surface area contributed by atoms with Gasteiger partial charge in [-0.15, -0.1) is 0 Å². The molecule has 0 bridgehead atoms. The molecule has 116 valence electrons. The van der Waals surface area contributed by atoms with Crippen LogP contribution in [0.25, 0.3) is 0 Å². The molecule has 1 saturated carbocycles. The van der Waals surface area contributed by atoms with Crippen molar-refractivity contribution in [2.75, 3.05) is 39.3 Å². The van der Waals surface area contributed by atoms with Gasteiger partial charge in [0.05, 0.1) is 0 Å². The minimum Gasteiger partial charge on any atom is -0.329 e. The van der Waals surface area contributed by atoms with E-state index in [1.165, 1.54) is 49.2 Å². The third kappa shape index (κ3) is 3.65. The molecule has 3 heteroatoms. The van der Waals surface area contributed by atoms with Gasteiger partial charge in [-0.1, -0.05) is 23.8 Å². The molecule has 3 rings (SSSR count). The average molecular weight is 287 g/mol. The van der Waals surface area contributed by atoms with E-state index in [2.05, 4.69) is 41.8 Å². The van der Waals surface area contributed by atoms with Crippen molar-refractivity contribution in [2.45, 2.75) is 32.7 Å². The van der Waals surface area contributed by atoms with Crippen molar-refractivity contribution in [2.24, 2.45) is 11.7 Å². The van der Waals surface area contributed by atoms with Gasteiger partial charge < -0.3 is 10.6 Å². The van der Waals surface area contributed by atoms with Crippen LogP contribution in [0.2, 0.25) is 0 Å². The molecular formula is C18H29N3. The first kappa shape index (κ1) is 15.0. The lowest BCUT2D eigenvalue weighted by molar-refractivity contribution is 0.0953. The highest BCUT2D eigenvalue weighted by Gasteiger charge is 2.29. The highest BCUT2D eigenvalue weighted by atomic mass is 15.3. The first-order valence-electron chi connectivity index (χ1n) is 8.41. The summed E-state index contributed by atoms with van der Waals surface area (Å²) < 4.78 is 0. The van der Waals surface area contributed by atoms with E-state index >= 15 is 0 Å². The van der Waals surface area contributed by atoms with Gasteiger partial charge in [0.25, 0.3) is 0 Å². The molecule has 0 spiro atoms. The molecule has 1 saturated heterocycles. The molecule has 1 aromatic rings. The second kappa shape index (κ2) is 6.47. The van der Waals surface area contributed by atoms with Crippen molar-refractivity contribution in [1.29, 1.82) is 0 Å². The zero-order chi connectivity index (χ0) is 14.8. The van der Waals surface area contributed by atoms with Crippen LogP contribution in [0, 0.1) is 19.8 Å². The summed E-state index contributed by atoms with van der Waals surface area (Å²) in [6.07, 6.45) is 2.91. The molecule has 1 aliphatic heterocycles. The Hall–Kier alpha value is -0.900. The minimum atomic E-state index is 0.382. The average Bonchev–Trinajstić information content (AvgIpc) is 3.29. The van der Waals surface area contributed by atoms with E-state index in [0.717, 1.165) is 19.0 Å². The maximum absolute atomic E-state index is 6.12. The molecule has 2 aliphatic rings. The van der Waals surface area contributed by atoms with Crippen LogP contribution in [-0.4, -0.2) is 49.1 Å². The number of hydrogen-bond donors (Lipinski definition) is 1. The van der Waals surface area contributed by atoms with E-state index < -0.39 is 0 Å². The zero-order valence-electron chi connectivity index (χ0n) is 13.5. The lowest BCUT2D eigenvalue weighted by atomic mass is 9.97. The Bertz CT molecular complexity index is 473. The number of nitrogens with two attached hydrogens (primary N) is 1. The quantitative estimate of drug-likeness (QED) is 0.902. The minimum absolute atomic E-state index is 0.382. The molecule has 0 radical (unpaired) electrons. The van der Waals surface area contributed by atoms with Gasteiger partial charge in [0.1, 0.15) is 0 Å². The van der Waals surface area contributed by atoms with Crippen LogP contribution in [0.3, 0.4) is 0 Å². The van der Waals surface area contributed by atoms with Crippen molar-refractivity contribution in [3.8, 4) is 0 Å². The van der Waals surface area contributed by atoms with E-state index in [9.17, 15) is 0 Å². The Morgan fingerprint density at radius 1 is 1.14 bits per heavy atom. The maximum atomic E-state index is 6.12. The fourth-order valence-electron chi connectivity index (χ4n) is 3.51. The van der Waals surface area contributed by atoms with Crippen LogP contribution in [0.1, 0.15) is 35.6 Å². The van der Waals surface area contributed by atoms with Crippen LogP contribution in [-0.2, 0) is 0 Å². The lowest BCUT2D eigenvalue weighted by Crippen LogP contribution is -2.49. The number of hydrogen-bond acceptors (Lipinski definition) is 3. The van der Waals surface area contributed by atoms with Crippen LogP contribution in [0.15, 0.2) is 18.2 Å². The monoisotopic (exact) mass is 287 g/mol. The van der Waals surface area contributed by atoms with Gasteiger partial charge in [0.2, 0.25) is 0 Å². The second-order valence-corrected chi connectivity index (χ2v) is 6.89. The third-order valence-corrected chi connectivity index (χ3v) is 5.08. The highest BCUT2D eigenvalue weighted by molar-refractivity contribution is 5.33. The van der Waals surface area contributed by atoms with E-state index in [1.54, 1.807) is 0 Å². The predicted octanol–water partition coefficient (Wildman–Crippen LogP) is 2.33. The topological polar surface area (TPSA) is 32.5 Å². The third-order valence-electron chi connectivity index (χ3n) is 5.08. The number of aryl methyl sites for hydroxylation is 2. The Morgan fingerprint density at radius 2 is 1.86 bits per heavy atom. The molecular weight excluding hydrogens is 258 g/mol. The Balaban J connectivity index is 1.65. The molecule has 1 unspecified atom stereocenters.